The maximum atomic E-state index is 12.6. The number of nitrogens with two attached hydrogens (primary N) is 1. The fourth-order valence-electron chi connectivity index (χ4n) is 2.09. The summed E-state index contributed by atoms with van der Waals surface area (Å²) in [6, 6.07) is 10.3. The van der Waals surface area contributed by atoms with Gasteiger partial charge in [0, 0.05) is 5.56 Å². The standard InChI is InChI=1S/C17H17Cl2NO2/c1-3-15(22-16-7-4-10(2)8-14(16)20)17(21)11-5-6-12(18)13(19)9-11/h4-9,15H,3,20H2,1-2H3. The Morgan fingerprint density at radius 2 is 1.91 bits per heavy atom. The number of carbonyl (C=O) groups excluding carboxylic acids is 1. The van der Waals surface area contributed by atoms with E-state index in [1.807, 2.05) is 26.0 Å². The van der Waals surface area contributed by atoms with Crippen LogP contribution in [0.4, 0.5) is 5.69 Å². The van der Waals surface area contributed by atoms with Crippen LogP contribution >= 0.6 is 23.2 Å². The van der Waals surface area contributed by atoms with Crippen LogP contribution in [0.1, 0.15) is 29.3 Å². The van der Waals surface area contributed by atoms with E-state index >= 15 is 0 Å². The van der Waals surface area contributed by atoms with Crippen LogP contribution < -0.4 is 10.5 Å². The molecular weight excluding hydrogens is 321 g/mol. The summed E-state index contributed by atoms with van der Waals surface area (Å²) in [6.45, 7) is 3.82. The van der Waals surface area contributed by atoms with E-state index in [1.165, 1.54) is 0 Å². The second-order valence-corrected chi connectivity index (χ2v) is 5.86. The molecule has 1 atom stereocenters. The molecule has 2 aromatic rings. The van der Waals surface area contributed by atoms with Gasteiger partial charge in [0.25, 0.3) is 0 Å². The van der Waals surface area contributed by atoms with E-state index in [0.717, 1.165) is 5.56 Å². The van der Waals surface area contributed by atoms with Crippen molar-refractivity contribution in [3.63, 3.8) is 0 Å². The van der Waals surface area contributed by atoms with Crippen molar-refractivity contribution in [3.8, 4) is 5.75 Å². The quantitative estimate of drug-likeness (QED) is 0.622. The fraction of sp³-hybridized carbons (Fsp3) is 0.235. The van der Waals surface area contributed by atoms with Crippen LogP contribution in [-0.4, -0.2) is 11.9 Å². The summed E-state index contributed by atoms with van der Waals surface area (Å²) >= 11 is 11.8. The van der Waals surface area contributed by atoms with Gasteiger partial charge in [-0.15, -0.1) is 0 Å². The number of Topliss-reactive ketones (excluding diaryl/α,β-unsaturated/α-hetero) is 1. The lowest BCUT2D eigenvalue weighted by molar-refractivity contribution is 0.0788. The fourth-order valence-corrected chi connectivity index (χ4v) is 2.38. The predicted molar refractivity (Wildman–Crippen MR) is 91.1 cm³/mol. The third kappa shape index (κ3) is 3.73. The molecule has 0 aliphatic heterocycles. The Balaban J connectivity index is 2.23. The van der Waals surface area contributed by atoms with Crippen LogP contribution in [0.15, 0.2) is 36.4 Å². The lowest BCUT2D eigenvalue weighted by Crippen LogP contribution is -2.27. The van der Waals surface area contributed by atoms with E-state index in [1.54, 1.807) is 24.3 Å². The van der Waals surface area contributed by atoms with Gasteiger partial charge in [0.1, 0.15) is 5.75 Å². The zero-order valence-electron chi connectivity index (χ0n) is 12.4. The molecule has 5 heteroatoms. The molecule has 3 nitrogen and oxygen atoms in total. The molecule has 2 aromatic carbocycles. The number of benzene rings is 2. The van der Waals surface area contributed by atoms with Crippen LogP contribution in [0.25, 0.3) is 0 Å². The number of rotatable bonds is 5. The molecule has 0 amide bonds. The summed E-state index contributed by atoms with van der Waals surface area (Å²) in [5.41, 5.74) is 7.95. The van der Waals surface area contributed by atoms with Gasteiger partial charge in [-0.1, -0.05) is 36.2 Å². The third-order valence-corrected chi connectivity index (χ3v) is 4.04. The topological polar surface area (TPSA) is 52.3 Å². The van der Waals surface area contributed by atoms with Gasteiger partial charge in [0.2, 0.25) is 5.78 Å². The van der Waals surface area contributed by atoms with Crippen LogP contribution in [0.2, 0.25) is 10.0 Å². The van der Waals surface area contributed by atoms with Gasteiger partial charge in [0.15, 0.2) is 6.10 Å². The zero-order chi connectivity index (χ0) is 16.3. The lowest BCUT2D eigenvalue weighted by atomic mass is 10.0. The smallest absolute Gasteiger partial charge is 0.203 e. The summed E-state index contributed by atoms with van der Waals surface area (Å²) in [5.74, 6) is 0.354. The summed E-state index contributed by atoms with van der Waals surface area (Å²) in [5, 5.41) is 0.757. The van der Waals surface area contributed by atoms with Crippen molar-refractivity contribution in [3.05, 3.63) is 57.6 Å². The van der Waals surface area contributed by atoms with Gasteiger partial charge in [-0.25, -0.2) is 0 Å². The molecule has 2 rings (SSSR count). The molecule has 116 valence electrons. The molecule has 0 spiro atoms. The summed E-state index contributed by atoms with van der Waals surface area (Å²) in [4.78, 5) is 12.6. The van der Waals surface area contributed by atoms with E-state index < -0.39 is 6.10 Å². The van der Waals surface area contributed by atoms with Crippen molar-refractivity contribution in [2.24, 2.45) is 0 Å². The average Bonchev–Trinajstić information content (AvgIpc) is 2.49. The Bertz CT molecular complexity index is 701. The number of nitrogen functional groups attached to an aromatic ring is 1. The molecule has 0 heterocycles. The number of hydrogen-bond acceptors (Lipinski definition) is 3. The molecule has 0 radical (unpaired) electrons. The Morgan fingerprint density at radius 3 is 2.50 bits per heavy atom. The number of anilines is 1. The first-order valence-electron chi connectivity index (χ1n) is 6.94. The Morgan fingerprint density at radius 1 is 1.18 bits per heavy atom. The highest BCUT2D eigenvalue weighted by Gasteiger charge is 2.21. The van der Waals surface area contributed by atoms with Crippen molar-refractivity contribution in [2.75, 3.05) is 5.73 Å². The number of ketones is 1. The molecule has 2 N–H and O–H groups in total. The maximum absolute atomic E-state index is 12.6. The van der Waals surface area contributed by atoms with Gasteiger partial charge in [0.05, 0.1) is 15.7 Å². The molecule has 0 saturated carbocycles. The predicted octanol–water partition coefficient (Wildman–Crippen LogP) is 4.92. The highest BCUT2D eigenvalue weighted by atomic mass is 35.5. The first kappa shape index (κ1) is 16.7. The number of carbonyl (C=O) groups is 1. The highest BCUT2D eigenvalue weighted by molar-refractivity contribution is 6.42. The minimum Gasteiger partial charge on any atom is -0.480 e. The van der Waals surface area contributed by atoms with Gasteiger partial charge >= 0.3 is 0 Å². The Kier molecular flexibility index (Phi) is 5.33. The van der Waals surface area contributed by atoms with E-state index in [4.69, 9.17) is 33.7 Å². The molecule has 0 aliphatic carbocycles. The monoisotopic (exact) mass is 337 g/mol. The highest BCUT2D eigenvalue weighted by Crippen LogP contribution is 2.27. The number of hydrogen-bond donors (Lipinski definition) is 1. The normalized spacial score (nSPS) is 12.0. The Labute approximate surface area is 140 Å². The van der Waals surface area contributed by atoms with Crippen molar-refractivity contribution in [1.29, 1.82) is 0 Å². The van der Waals surface area contributed by atoms with Crippen LogP contribution in [0.3, 0.4) is 0 Å². The second kappa shape index (κ2) is 7.03. The summed E-state index contributed by atoms with van der Waals surface area (Å²) in [6.07, 6.45) is -0.103. The first-order chi connectivity index (χ1) is 10.4. The number of halogens is 2. The van der Waals surface area contributed by atoms with E-state index in [-0.39, 0.29) is 5.78 Å². The third-order valence-electron chi connectivity index (χ3n) is 3.30. The summed E-state index contributed by atoms with van der Waals surface area (Å²) < 4.78 is 5.79. The molecule has 0 bridgehead atoms. The molecule has 0 fully saturated rings. The van der Waals surface area contributed by atoms with Gasteiger partial charge in [-0.05, 0) is 49.2 Å². The molecule has 22 heavy (non-hydrogen) atoms. The van der Waals surface area contributed by atoms with E-state index in [0.29, 0.717) is 33.5 Å². The minimum absolute atomic E-state index is 0.152. The average molecular weight is 338 g/mol. The number of ether oxygens (including phenoxy) is 1. The van der Waals surface area contributed by atoms with Crippen molar-refractivity contribution in [2.45, 2.75) is 26.4 Å². The lowest BCUT2D eigenvalue weighted by Gasteiger charge is -2.18. The van der Waals surface area contributed by atoms with Crippen LogP contribution in [0.5, 0.6) is 5.75 Å². The minimum atomic E-state index is -0.623. The van der Waals surface area contributed by atoms with Gasteiger partial charge < -0.3 is 10.5 Å². The Hall–Kier alpha value is -1.71. The van der Waals surface area contributed by atoms with Crippen molar-refractivity contribution >= 4 is 34.7 Å². The summed E-state index contributed by atoms with van der Waals surface area (Å²) in [7, 11) is 0. The molecule has 1 unspecified atom stereocenters. The van der Waals surface area contributed by atoms with Crippen molar-refractivity contribution < 1.29 is 9.53 Å². The van der Waals surface area contributed by atoms with Gasteiger partial charge in [-0.2, -0.15) is 0 Å². The van der Waals surface area contributed by atoms with Crippen LogP contribution in [0, 0.1) is 6.92 Å². The largest absolute Gasteiger partial charge is 0.480 e. The van der Waals surface area contributed by atoms with Crippen molar-refractivity contribution in [1.82, 2.24) is 0 Å². The number of aryl methyl sites for hydroxylation is 1. The molecule has 0 aliphatic rings. The van der Waals surface area contributed by atoms with E-state index in [2.05, 4.69) is 0 Å². The van der Waals surface area contributed by atoms with Crippen LogP contribution in [-0.2, 0) is 0 Å². The second-order valence-electron chi connectivity index (χ2n) is 5.05. The van der Waals surface area contributed by atoms with Gasteiger partial charge in [-0.3, -0.25) is 4.79 Å². The van der Waals surface area contributed by atoms with E-state index in [9.17, 15) is 4.79 Å². The molecular formula is C17H17Cl2NO2. The first-order valence-corrected chi connectivity index (χ1v) is 7.70. The zero-order valence-corrected chi connectivity index (χ0v) is 13.9. The molecule has 0 aromatic heterocycles. The molecule has 0 saturated heterocycles. The SMILES string of the molecule is CCC(Oc1ccc(C)cc1N)C(=O)c1ccc(Cl)c(Cl)c1. The maximum Gasteiger partial charge on any atom is 0.203 e.